The molecule has 0 heterocycles. The summed E-state index contributed by atoms with van der Waals surface area (Å²) in [5.74, 6) is 4.69. The van der Waals surface area contributed by atoms with Gasteiger partial charge in [0.1, 0.15) is 26.4 Å². The molecule has 5 aliphatic carbocycles. The van der Waals surface area contributed by atoms with Crippen LogP contribution in [-0.2, 0) is 72.7 Å². The van der Waals surface area contributed by atoms with Gasteiger partial charge in [-0.25, -0.2) is 0 Å². The van der Waals surface area contributed by atoms with E-state index in [2.05, 4.69) is 250 Å². The molecule has 0 amide bonds. The van der Waals surface area contributed by atoms with Gasteiger partial charge in [0, 0.05) is 32.3 Å². The van der Waals surface area contributed by atoms with Crippen LogP contribution in [0, 0.1) is 27.1 Å². The molecule has 0 aromatic heterocycles. The van der Waals surface area contributed by atoms with Crippen LogP contribution in [0.4, 0.5) is 0 Å². The topological polar surface area (TPSA) is 159 Å². The summed E-state index contributed by atoms with van der Waals surface area (Å²) in [5.41, 5.74) is 8.73. The van der Waals surface area contributed by atoms with Gasteiger partial charge in [-0.15, -0.1) is 0 Å². The molecule has 0 bridgehead atoms. The van der Waals surface area contributed by atoms with E-state index in [1.54, 1.807) is 37.7 Å². The van der Waals surface area contributed by atoms with Crippen molar-refractivity contribution in [3.05, 3.63) is 178 Å². The summed E-state index contributed by atoms with van der Waals surface area (Å²) < 4.78 is 40.5. The SMILES string of the molecule is C1CC1.C1CC1.C1CC1.C1CC1.C1CC1.CCC(C)(C)C(=O)OCCCCOC.CCC(C)(C)C(=O)OCCOC.CCC(C)(C)C(=O)OCCOC(C)(C)C.CCC(C)(C)C(=O)OCCSC.CCC(C)(C)C(=O)OCCSC.CCC(C)c1ccc(C(C)(C)C)cc1.CCC(C)c1ccc(C(C)(C)C)cc1.CCC(C)c1ccccc1.CCC(C)c1ccccc1.CCC(C)c1ccccc1. The molecule has 10 rings (SSSR count). The van der Waals surface area contributed by atoms with Gasteiger partial charge in [-0.05, 0) is 259 Å². The average Bonchev–Trinajstić information content (AvgIpc) is 1.49. The smallest absolute Gasteiger partial charge is 0.311 e. The molecule has 5 saturated carbocycles. The predicted molar refractivity (Wildman–Crippen MR) is 603 cm³/mol. The van der Waals surface area contributed by atoms with Gasteiger partial charge in [0.05, 0.1) is 52.5 Å². The van der Waals surface area contributed by atoms with Gasteiger partial charge in [-0.2, -0.15) is 23.5 Å². The van der Waals surface area contributed by atoms with Crippen molar-refractivity contribution in [2.24, 2.45) is 27.1 Å². The number of hydrogen-bond donors (Lipinski definition) is 0. The number of thioether (sulfide) groups is 2. The van der Waals surface area contributed by atoms with Crippen molar-refractivity contribution in [2.75, 3.05) is 91.1 Å². The van der Waals surface area contributed by atoms with Crippen molar-refractivity contribution in [3.8, 4) is 0 Å². The molecule has 0 N–H and O–H groups in total. The Morgan fingerprint density at radius 3 is 0.638 bits per heavy atom. The van der Waals surface area contributed by atoms with E-state index in [4.69, 9.17) is 37.9 Å². The zero-order valence-electron chi connectivity index (χ0n) is 96.5. The van der Waals surface area contributed by atoms with E-state index in [-0.39, 0.29) is 73.4 Å². The van der Waals surface area contributed by atoms with E-state index in [1.165, 1.54) is 167 Å². The second kappa shape index (κ2) is 83.4. The number of carbonyl (C=O) groups is 5. The zero-order valence-corrected chi connectivity index (χ0v) is 98.1. The number of unbranched alkanes of at least 4 members (excludes halogenated alkanes) is 1. The summed E-state index contributed by atoms with van der Waals surface area (Å²) >= 11 is 3.37. The molecule has 5 aromatic rings. The molecule has 5 aromatic carbocycles. The summed E-state index contributed by atoms with van der Waals surface area (Å²) in [6.07, 6.45) is 38.5. The minimum atomic E-state index is -0.387. The van der Waals surface area contributed by atoms with Crippen LogP contribution in [0.15, 0.2) is 140 Å². The van der Waals surface area contributed by atoms with E-state index in [0.717, 1.165) is 63.1 Å². The summed E-state index contributed by atoms with van der Waals surface area (Å²) in [4.78, 5) is 57.0. The minimum Gasteiger partial charge on any atom is -0.465 e. The highest BCUT2D eigenvalue weighted by molar-refractivity contribution is 7.98. The summed E-state index contributed by atoms with van der Waals surface area (Å²) in [5, 5.41) is 0. The number of rotatable bonds is 37. The molecular weight excluding hydrogens is 1750 g/mol. The Balaban J connectivity index is -0.000000466. The molecule has 798 valence electrons. The summed E-state index contributed by atoms with van der Waals surface area (Å²) in [7, 11) is 3.25. The first kappa shape index (κ1) is 140. The molecule has 5 atom stereocenters. The Morgan fingerprint density at radius 2 is 0.457 bits per heavy atom. The lowest BCUT2D eigenvalue weighted by molar-refractivity contribution is -0.157. The highest BCUT2D eigenvalue weighted by atomic mass is 32.2. The highest BCUT2D eigenvalue weighted by Gasteiger charge is 2.31. The molecule has 5 aliphatic rings. The first-order chi connectivity index (χ1) is 64.8. The van der Waals surface area contributed by atoms with Crippen molar-refractivity contribution in [1.82, 2.24) is 0 Å². The molecule has 0 radical (unpaired) electrons. The molecule has 5 fully saturated rings. The maximum Gasteiger partial charge on any atom is 0.311 e. The molecule has 15 heteroatoms. The van der Waals surface area contributed by atoms with E-state index >= 15 is 0 Å². The van der Waals surface area contributed by atoms with Gasteiger partial charge in [0.15, 0.2) is 0 Å². The lowest BCUT2D eigenvalue weighted by atomic mass is 9.85. The van der Waals surface area contributed by atoms with Crippen molar-refractivity contribution < 1.29 is 61.9 Å². The molecule has 0 saturated heterocycles. The third kappa shape index (κ3) is 84.5. The van der Waals surface area contributed by atoms with Crippen LogP contribution in [0.2, 0.25) is 0 Å². The third-order valence-corrected chi connectivity index (χ3v) is 25.3. The first-order valence-corrected chi connectivity index (χ1v) is 56.4. The van der Waals surface area contributed by atoms with E-state index in [9.17, 15) is 24.0 Å². The van der Waals surface area contributed by atoms with Crippen LogP contribution in [0.1, 0.15) is 477 Å². The van der Waals surface area contributed by atoms with Gasteiger partial charge in [-0.3, -0.25) is 24.0 Å². The molecule has 138 heavy (non-hydrogen) atoms. The Kier molecular flexibility index (Phi) is 84.8. The maximum atomic E-state index is 11.5. The minimum absolute atomic E-state index is 0.0842. The number of hydrogen-bond acceptors (Lipinski definition) is 15. The van der Waals surface area contributed by atoms with Crippen molar-refractivity contribution >= 4 is 53.4 Å². The molecule has 0 spiro atoms. The number of benzene rings is 5. The lowest BCUT2D eigenvalue weighted by Gasteiger charge is -2.22. The fourth-order valence-electron chi connectivity index (χ4n) is 9.49. The van der Waals surface area contributed by atoms with Crippen molar-refractivity contribution in [3.63, 3.8) is 0 Å². The third-order valence-electron chi connectivity index (χ3n) is 24.2. The quantitative estimate of drug-likeness (QED) is 0.0210. The molecule has 13 nitrogen and oxygen atoms in total. The van der Waals surface area contributed by atoms with Crippen molar-refractivity contribution in [2.45, 2.75) is 455 Å². The lowest BCUT2D eigenvalue weighted by Crippen LogP contribution is -2.28. The Bertz CT molecular complexity index is 3340. The Morgan fingerprint density at radius 1 is 0.261 bits per heavy atom. The zero-order chi connectivity index (χ0) is 106. The van der Waals surface area contributed by atoms with Crippen LogP contribution in [-0.4, -0.2) is 127 Å². The molecular formula is C123H216O13S2. The summed E-state index contributed by atoms with van der Waals surface area (Å²) in [6.45, 7) is 74.8. The Hall–Kier alpha value is -5.97. The second-order valence-corrected chi connectivity index (χ2v) is 45.3. The van der Waals surface area contributed by atoms with E-state index in [0.29, 0.717) is 75.8 Å². The van der Waals surface area contributed by atoms with E-state index in [1.807, 2.05) is 137 Å². The van der Waals surface area contributed by atoms with Crippen LogP contribution in [0.3, 0.4) is 0 Å². The number of ether oxygens (including phenoxy) is 8. The van der Waals surface area contributed by atoms with Crippen LogP contribution < -0.4 is 0 Å². The van der Waals surface area contributed by atoms with Gasteiger partial charge in [0.2, 0.25) is 0 Å². The largest absolute Gasteiger partial charge is 0.465 e. The molecule has 5 unspecified atom stereocenters. The van der Waals surface area contributed by atoms with Gasteiger partial charge >= 0.3 is 29.8 Å². The van der Waals surface area contributed by atoms with Crippen LogP contribution in [0.25, 0.3) is 0 Å². The van der Waals surface area contributed by atoms with Crippen molar-refractivity contribution in [1.29, 1.82) is 0 Å². The predicted octanol–water partition coefficient (Wildman–Crippen LogP) is 35.9. The highest BCUT2D eigenvalue weighted by Crippen LogP contribution is 2.31. The molecule has 0 aliphatic heterocycles. The van der Waals surface area contributed by atoms with Gasteiger partial charge < -0.3 is 37.9 Å². The fourth-order valence-corrected chi connectivity index (χ4v) is 9.99. The van der Waals surface area contributed by atoms with Gasteiger partial charge in [0.25, 0.3) is 0 Å². The maximum absolute atomic E-state index is 11.5. The summed E-state index contributed by atoms with van der Waals surface area (Å²) in [6, 6.07) is 50.1. The average molecular weight is 1970 g/mol. The number of carbonyl (C=O) groups excluding carboxylic acids is 5. The first-order valence-electron chi connectivity index (χ1n) is 53.6. The number of esters is 5. The monoisotopic (exact) mass is 1970 g/mol. The second-order valence-electron chi connectivity index (χ2n) is 43.3. The standard InChI is InChI=1S/2C14H22.C12H24O3.C11H22O3.3C10H14.C9H18O3.2C9H18O2S.5C3H6/c2*1-6-11(2)12-7-9-13(10-8-12)14(3,4)5;1-7-12(5,6)10(13)14-8-9-15-11(2,3)4;1-5-11(2,3)10(12)14-9-7-6-8-13-4;3*1-3-9(2)10-7-5-4-6-8-10;1-5-9(2,3)8(10)12-7-6-11-4;2*1-5-9(2,3)8(10)11-6-7-12-4;5*1-2-3-1/h2*7-11H,6H2,1-5H3;7-9H2,1-6H3;5-9H2,1-4H3;3*4-9H,3H2,1-2H3;3*5-7H2,1-4H3;5*1-3H2. The van der Waals surface area contributed by atoms with Gasteiger partial charge in [-0.1, -0.05) is 381 Å². The number of methoxy groups -OCH3 is 2. The van der Waals surface area contributed by atoms with Crippen LogP contribution >= 0.6 is 23.5 Å². The van der Waals surface area contributed by atoms with E-state index < -0.39 is 0 Å². The Labute approximate surface area is 861 Å². The van der Waals surface area contributed by atoms with Crippen LogP contribution in [0.5, 0.6) is 0 Å². The normalized spacial score (nSPS) is 13.8. The fraction of sp³-hybridized carbons (Fsp3) is 0.715.